The Labute approximate surface area is 190 Å². The first kappa shape index (κ1) is 21.6. The van der Waals surface area contributed by atoms with Crippen molar-refractivity contribution in [3.8, 4) is 5.75 Å². The third kappa shape index (κ3) is 4.60. The maximum Gasteiger partial charge on any atom is 0.407 e. The number of ether oxygens (including phenoxy) is 1. The minimum absolute atomic E-state index is 0.211. The van der Waals surface area contributed by atoms with E-state index >= 15 is 0 Å². The lowest BCUT2D eigenvalue weighted by Gasteiger charge is -2.41. The van der Waals surface area contributed by atoms with E-state index in [1.807, 2.05) is 29.2 Å². The maximum atomic E-state index is 12.1. The smallest absolute Gasteiger partial charge is 0.407 e. The topological polar surface area (TPSA) is 70.1 Å². The van der Waals surface area contributed by atoms with Gasteiger partial charge in [-0.3, -0.25) is 4.79 Å². The van der Waals surface area contributed by atoms with E-state index in [0.29, 0.717) is 18.9 Å². The zero-order valence-electron chi connectivity index (χ0n) is 19.2. The lowest BCUT2D eigenvalue weighted by atomic mass is 9.80. The number of nitrogens with zero attached hydrogens (tertiary/aromatic N) is 2. The summed E-state index contributed by atoms with van der Waals surface area (Å²) in [5, 5.41) is 9.61. The third-order valence-corrected chi connectivity index (χ3v) is 8.56. The summed E-state index contributed by atoms with van der Waals surface area (Å²) in [6, 6.07) is 8.17. The molecule has 0 radical (unpaired) electrons. The van der Waals surface area contributed by atoms with Crippen LogP contribution in [-0.4, -0.2) is 59.2 Å². The summed E-state index contributed by atoms with van der Waals surface area (Å²) in [6.07, 6.45) is 7.59. The van der Waals surface area contributed by atoms with Crippen molar-refractivity contribution < 1.29 is 19.4 Å². The first-order chi connectivity index (χ1) is 15.4. The molecular formula is C26H36N2O4. The summed E-state index contributed by atoms with van der Waals surface area (Å²) < 4.78 is 5.98. The van der Waals surface area contributed by atoms with Crippen molar-refractivity contribution in [2.24, 2.45) is 23.2 Å². The van der Waals surface area contributed by atoms with Crippen LogP contribution in [-0.2, 0) is 11.2 Å². The van der Waals surface area contributed by atoms with Crippen LogP contribution in [0.1, 0.15) is 57.4 Å². The van der Waals surface area contributed by atoms with Crippen molar-refractivity contribution in [1.82, 2.24) is 9.80 Å². The molecule has 1 aromatic carbocycles. The molecule has 4 aliphatic rings. The zero-order valence-corrected chi connectivity index (χ0v) is 19.2. The molecule has 174 valence electrons. The summed E-state index contributed by atoms with van der Waals surface area (Å²) in [5.41, 5.74) is 1.26. The van der Waals surface area contributed by atoms with E-state index in [1.165, 1.54) is 19.3 Å². The average molecular weight is 441 g/mol. The molecule has 1 aromatic rings. The maximum absolute atomic E-state index is 12.1. The Morgan fingerprint density at radius 1 is 1.12 bits per heavy atom. The summed E-state index contributed by atoms with van der Waals surface area (Å²) in [7, 11) is 0. The summed E-state index contributed by atoms with van der Waals surface area (Å²) >= 11 is 0. The van der Waals surface area contributed by atoms with Gasteiger partial charge in [0.1, 0.15) is 5.75 Å². The molecule has 2 aliphatic heterocycles. The van der Waals surface area contributed by atoms with Crippen LogP contribution < -0.4 is 4.74 Å². The van der Waals surface area contributed by atoms with Crippen molar-refractivity contribution in [2.45, 2.75) is 64.3 Å². The lowest BCUT2D eigenvalue weighted by molar-refractivity contribution is -0.133. The molecule has 2 unspecified atom stereocenters. The van der Waals surface area contributed by atoms with Gasteiger partial charge in [-0.25, -0.2) is 4.79 Å². The van der Waals surface area contributed by atoms with Crippen molar-refractivity contribution in [1.29, 1.82) is 0 Å². The average Bonchev–Trinajstić information content (AvgIpc) is 3.65. The molecule has 32 heavy (non-hydrogen) atoms. The quantitative estimate of drug-likeness (QED) is 0.649. The predicted molar refractivity (Wildman–Crippen MR) is 122 cm³/mol. The second-order valence-corrected chi connectivity index (χ2v) is 10.8. The van der Waals surface area contributed by atoms with Gasteiger partial charge in [-0.1, -0.05) is 19.1 Å². The van der Waals surface area contributed by atoms with E-state index in [-0.39, 0.29) is 17.4 Å². The Bertz CT molecular complexity index is 846. The monoisotopic (exact) mass is 440 g/mol. The van der Waals surface area contributed by atoms with Gasteiger partial charge in [0.25, 0.3) is 0 Å². The summed E-state index contributed by atoms with van der Waals surface area (Å²) in [6.45, 7) is 5.50. The molecule has 6 heteroatoms. The molecule has 1 N–H and O–H groups in total. The Hall–Kier alpha value is -2.24. The van der Waals surface area contributed by atoms with Crippen molar-refractivity contribution in [3.05, 3.63) is 29.8 Å². The van der Waals surface area contributed by atoms with E-state index < -0.39 is 6.09 Å². The number of amides is 2. The van der Waals surface area contributed by atoms with Gasteiger partial charge < -0.3 is 19.6 Å². The van der Waals surface area contributed by atoms with Crippen LogP contribution >= 0.6 is 0 Å². The highest BCUT2D eigenvalue weighted by Gasteiger charge is 2.53. The number of rotatable bonds is 8. The van der Waals surface area contributed by atoms with Gasteiger partial charge in [0.2, 0.25) is 5.91 Å². The predicted octanol–water partition coefficient (Wildman–Crippen LogP) is 4.43. The second kappa shape index (κ2) is 8.60. The normalized spacial score (nSPS) is 30.4. The fourth-order valence-electron chi connectivity index (χ4n) is 5.87. The van der Waals surface area contributed by atoms with Gasteiger partial charge in [0.05, 0.1) is 13.0 Å². The highest BCUT2D eigenvalue weighted by molar-refractivity contribution is 5.79. The summed E-state index contributed by atoms with van der Waals surface area (Å²) in [4.78, 5) is 27.4. The second-order valence-electron chi connectivity index (χ2n) is 10.8. The first-order valence-corrected chi connectivity index (χ1v) is 12.4. The number of hydrogen-bond donors (Lipinski definition) is 1. The standard InChI is InChI=1S/C26H36N2O4/c1-26(9-10-26)23-17-19(7-13-28(23)25(30)31)22-16-20(22)8-14-32-21-5-3-18(4-6-21)15-24(29)27-11-2-12-27/h3-6,19-20,22-23H,2,7-17H2,1H3,(H,30,31)/t19?,20-,22-,23?/m1/s1. The molecule has 2 saturated heterocycles. The molecule has 0 bridgehead atoms. The van der Waals surface area contributed by atoms with Gasteiger partial charge in [0.15, 0.2) is 0 Å². The Morgan fingerprint density at radius 2 is 1.88 bits per heavy atom. The molecule has 0 spiro atoms. The van der Waals surface area contributed by atoms with Crippen LogP contribution in [0.4, 0.5) is 4.79 Å². The van der Waals surface area contributed by atoms with Crippen molar-refractivity contribution in [2.75, 3.05) is 26.2 Å². The minimum atomic E-state index is -0.738. The number of hydrogen-bond acceptors (Lipinski definition) is 3. The van der Waals surface area contributed by atoms with Crippen LogP contribution in [0.3, 0.4) is 0 Å². The molecule has 2 saturated carbocycles. The molecule has 4 atom stereocenters. The molecule has 0 aromatic heterocycles. The van der Waals surface area contributed by atoms with Gasteiger partial charge in [-0.2, -0.15) is 0 Å². The first-order valence-electron chi connectivity index (χ1n) is 12.4. The highest BCUT2D eigenvalue weighted by atomic mass is 16.5. The molecule has 5 rings (SSSR count). The van der Waals surface area contributed by atoms with Gasteiger partial charge in [0, 0.05) is 25.7 Å². The largest absolute Gasteiger partial charge is 0.494 e. The fraction of sp³-hybridized carbons (Fsp3) is 0.692. The summed E-state index contributed by atoms with van der Waals surface area (Å²) in [5.74, 6) is 3.23. The number of benzene rings is 1. The molecule has 4 fully saturated rings. The van der Waals surface area contributed by atoms with Crippen LogP contribution in [0, 0.1) is 23.2 Å². The SMILES string of the molecule is CC1(C2CC([C@H]3C[C@H]3CCOc3ccc(CC(=O)N4CCC4)cc3)CCN2C(=O)O)CC1. The van der Waals surface area contributed by atoms with Gasteiger partial charge in [-0.15, -0.1) is 0 Å². The zero-order chi connectivity index (χ0) is 22.3. The molecular weight excluding hydrogens is 404 g/mol. The third-order valence-electron chi connectivity index (χ3n) is 8.56. The number of carbonyl (C=O) groups excluding carboxylic acids is 1. The number of carbonyl (C=O) groups is 2. The van der Waals surface area contributed by atoms with Gasteiger partial charge in [-0.05, 0) is 85.8 Å². The number of piperidine rings is 1. The lowest BCUT2D eigenvalue weighted by Crippen LogP contribution is -2.49. The van der Waals surface area contributed by atoms with Crippen LogP contribution in [0.15, 0.2) is 24.3 Å². The highest BCUT2D eigenvalue weighted by Crippen LogP contribution is 2.57. The van der Waals surface area contributed by atoms with E-state index in [1.54, 1.807) is 4.90 Å². The molecule has 6 nitrogen and oxygen atoms in total. The van der Waals surface area contributed by atoms with Crippen molar-refractivity contribution >= 4 is 12.0 Å². The van der Waals surface area contributed by atoms with E-state index in [9.17, 15) is 14.7 Å². The van der Waals surface area contributed by atoms with Crippen LogP contribution in [0.25, 0.3) is 0 Å². The van der Waals surface area contributed by atoms with E-state index in [2.05, 4.69) is 6.92 Å². The molecule has 2 amide bonds. The number of likely N-dealkylation sites (tertiary alicyclic amines) is 2. The van der Waals surface area contributed by atoms with Gasteiger partial charge >= 0.3 is 6.09 Å². The van der Waals surface area contributed by atoms with Crippen LogP contribution in [0.2, 0.25) is 0 Å². The fourth-order valence-corrected chi connectivity index (χ4v) is 5.87. The Balaban J connectivity index is 1.05. The Kier molecular flexibility index (Phi) is 5.81. The number of carboxylic acid groups (broad SMARTS) is 1. The van der Waals surface area contributed by atoms with E-state index in [0.717, 1.165) is 68.5 Å². The van der Waals surface area contributed by atoms with Crippen molar-refractivity contribution in [3.63, 3.8) is 0 Å². The van der Waals surface area contributed by atoms with Crippen LogP contribution in [0.5, 0.6) is 5.75 Å². The molecule has 2 aliphatic carbocycles. The molecule has 2 heterocycles. The Morgan fingerprint density at radius 3 is 2.50 bits per heavy atom. The minimum Gasteiger partial charge on any atom is -0.494 e. The van der Waals surface area contributed by atoms with E-state index in [4.69, 9.17) is 4.74 Å².